The van der Waals surface area contributed by atoms with Gasteiger partial charge in [-0.1, -0.05) is 30.3 Å². The Kier molecular flexibility index (Phi) is 2.96. The van der Waals surface area contributed by atoms with Crippen LogP contribution in [-0.2, 0) is 12.8 Å². The third-order valence-corrected chi connectivity index (χ3v) is 2.22. The summed E-state index contributed by atoms with van der Waals surface area (Å²) in [5.74, 6) is 1.03. The first-order valence-corrected chi connectivity index (χ1v) is 4.89. The normalized spacial score (nSPS) is 10.3. The molecule has 0 aliphatic heterocycles. The van der Waals surface area contributed by atoms with Gasteiger partial charge in [0.1, 0.15) is 12.0 Å². The van der Waals surface area contributed by atoms with E-state index in [4.69, 9.17) is 0 Å². The zero-order valence-electron chi connectivity index (χ0n) is 8.03. The van der Waals surface area contributed by atoms with Crippen LogP contribution in [-0.4, -0.2) is 9.97 Å². The van der Waals surface area contributed by atoms with Gasteiger partial charge in [0.2, 0.25) is 0 Å². The molecular formula is C12H13N2. The molecule has 1 aromatic heterocycles. The quantitative estimate of drug-likeness (QED) is 0.778. The lowest BCUT2D eigenvalue weighted by Crippen LogP contribution is -1.91. The Hall–Kier alpha value is -1.57. The van der Waals surface area contributed by atoms with Crippen molar-refractivity contribution in [2.45, 2.75) is 19.3 Å². The fourth-order valence-electron chi connectivity index (χ4n) is 1.49. The lowest BCUT2D eigenvalue weighted by molar-refractivity contribution is 0.783. The molecule has 0 bridgehead atoms. The molecule has 0 aliphatic carbocycles. The van der Waals surface area contributed by atoms with Crippen LogP contribution in [0.5, 0.6) is 0 Å². The number of aryl methyl sites for hydroxylation is 2. The van der Waals surface area contributed by atoms with Crippen molar-refractivity contribution in [3.05, 3.63) is 54.1 Å². The first-order valence-electron chi connectivity index (χ1n) is 4.89. The van der Waals surface area contributed by atoms with Gasteiger partial charge in [0.05, 0.1) is 0 Å². The van der Waals surface area contributed by atoms with E-state index in [2.05, 4.69) is 40.4 Å². The van der Waals surface area contributed by atoms with Gasteiger partial charge in [-0.3, -0.25) is 0 Å². The van der Waals surface area contributed by atoms with E-state index in [-0.39, 0.29) is 0 Å². The Morgan fingerprint density at radius 1 is 1.14 bits per heavy atom. The minimum atomic E-state index is 0.998. The molecule has 71 valence electrons. The zero-order chi connectivity index (χ0) is 9.64. The predicted molar refractivity (Wildman–Crippen MR) is 55.9 cm³/mol. The van der Waals surface area contributed by atoms with E-state index in [0.717, 1.165) is 25.1 Å². The highest BCUT2D eigenvalue weighted by Gasteiger charge is 1.95. The smallest absolute Gasteiger partial charge is 0.108 e. The van der Waals surface area contributed by atoms with E-state index in [0.29, 0.717) is 0 Å². The summed E-state index contributed by atoms with van der Waals surface area (Å²) in [7, 11) is 0. The number of rotatable bonds is 4. The average Bonchev–Trinajstić information content (AvgIpc) is 2.72. The SMILES string of the molecule is [c]1c[nH]c(CCCc2ccccc2)n1. The molecule has 0 fully saturated rings. The molecule has 2 nitrogen and oxygen atoms in total. The molecule has 1 aromatic carbocycles. The summed E-state index contributed by atoms with van der Waals surface area (Å²) in [6.07, 6.45) is 7.76. The van der Waals surface area contributed by atoms with Gasteiger partial charge in [0.25, 0.3) is 0 Å². The summed E-state index contributed by atoms with van der Waals surface area (Å²) >= 11 is 0. The number of nitrogens with zero attached hydrogens (tertiary/aromatic N) is 1. The van der Waals surface area contributed by atoms with Gasteiger partial charge in [0, 0.05) is 12.6 Å². The second-order valence-corrected chi connectivity index (χ2v) is 3.32. The maximum absolute atomic E-state index is 4.07. The number of nitrogens with one attached hydrogen (secondary N) is 1. The third kappa shape index (κ3) is 2.46. The summed E-state index contributed by atoms with van der Waals surface area (Å²) in [6, 6.07) is 10.5. The molecule has 2 aromatic rings. The van der Waals surface area contributed by atoms with Gasteiger partial charge in [-0.25, -0.2) is 4.98 Å². The highest BCUT2D eigenvalue weighted by molar-refractivity contribution is 5.14. The van der Waals surface area contributed by atoms with Gasteiger partial charge in [-0.2, -0.15) is 0 Å². The number of aromatic nitrogens is 2. The Bertz CT molecular complexity index is 351. The van der Waals surface area contributed by atoms with Crippen LogP contribution in [0.15, 0.2) is 36.5 Å². The van der Waals surface area contributed by atoms with E-state index < -0.39 is 0 Å². The van der Waals surface area contributed by atoms with Gasteiger partial charge >= 0.3 is 0 Å². The molecular weight excluding hydrogens is 172 g/mol. The fraction of sp³-hybridized carbons (Fsp3) is 0.250. The van der Waals surface area contributed by atoms with Gasteiger partial charge in [-0.05, 0) is 18.4 Å². The average molecular weight is 185 g/mol. The van der Waals surface area contributed by atoms with Gasteiger partial charge < -0.3 is 4.98 Å². The third-order valence-electron chi connectivity index (χ3n) is 2.22. The minimum Gasteiger partial charge on any atom is -0.348 e. The maximum Gasteiger partial charge on any atom is 0.108 e. The molecule has 0 unspecified atom stereocenters. The summed E-state index contributed by atoms with van der Waals surface area (Å²) in [6.45, 7) is 0. The van der Waals surface area contributed by atoms with Crippen LogP contribution in [0.25, 0.3) is 0 Å². The standard InChI is InChI=1S/C12H13N2/c1-2-5-11(6-3-1)7-4-8-12-13-9-10-14-12/h1-3,5-6,9H,4,7-8H2,(H,13,14). The lowest BCUT2D eigenvalue weighted by atomic mass is 10.1. The number of benzene rings is 1. The number of hydrogen-bond donors (Lipinski definition) is 1. The largest absolute Gasteiger partial charge is 0.348 e. The van der Waals surface area contributed by atoms with E-state index >= 15 is 0 Å². The van der Waals surface area contributed by atoms with E-state index in [1.54, 1.807) is 6.20 Å². The van der Waals surface area contributed by atoms with Crippen molar-refractivity contribution in [3.8, 4) is 0 Å². The van der Waals surface area contributed by atoms with E-state index in [9.17, 15) is 0 Å². The van der Waals surface area contributed by atoms with Crippen LogP contribution in [0.4, 0.5) is 0 Å². The van der Waals surface area contributed by atoms with Crippen molar-refractivity contribution in [2.75, 3.05) is 0 Å². The predicted octanol–water partition coefficient (Wildman–Crippen LogP) is 2.39. The highest BCUT2D eigenvalue weighted by Crippen LogP contribution is 2.04. The second-order valence-electron chi connectivity index (χ2n) is 3.32. The molecule has 0 saturated carbocycles. The van der Waals surface area contributed by atoms with Crippen LogP contribution >= 0.6 is 0 Å². The molecule has 0 aliphatic rings. The number of hydrogen-bond acceptors (Lipinski definition) is 1. The van der Waals surface area contributed by atoms with Gasteiger partial charge in [-0.15, -0.1) is 0 Å². The molecule has 1 N–H and O–H groups in total. The highest BCUT2D eigenvalue weighted by atomic mass is 14.9. The molecule has 1 heterocycles. The van der Waals surface area contributed by atoms with Crippen LogP contribution < -0.4 is 0 Å². The van der Waals surface area contributed by atoms with E-state index in [1.807, 2.05) is 6.07 Å². The molecule has 2 rings (SSSR count). The Labute approximate surface area is 84.0 Å². The molecule has 2 heteroatoms. The molecule has 0 amide bonds. The molecule has 1 radical (unpaired) electrons. The van der Waals surface area contributed by atoms with Gasteiger partial charge in [0.15, 0.2) is 0 Å². The molecule has 0 spiro atoms. The summed E-state index contributed by atoms with van der Waals surface area (Å²) in [4.78, 5) is 7.12. The number of aromatic amines is 1. The van der Waals surface area contributed by atoms with Crippen LogP contribution in [0, 0.1) is 6.20 Å². The Morgan fingerprint density at radius 3 is 2.71 bits per heavy atom. The summed E-state index contributed by atoms with van der Waals surface area (Å²) < 4.78 is 0. The topological polar surface area (TPSA) is 28.7 Å². The number of imidazole rings is 1. The molecule has 0 atom stereocenters. The first kappa shape index (κ1) is 9.00. The number of H-pyrrole nitrogens is 1. The van der Waals surface area contributed by atoms with E-state index in [1.165, 1.54) is 5.56 Å². The molecule has 0 saturated heterocycles. The summed E-state index contributed by atoms with van der Waals surface area (Å²) in [5, 5.41) is 0. The Morgan fingerprint density at radius 2 is 2.00 bits per heavy atom. The lowest BCUT2D eigenvalue weighted by Gasteiger charge is -1.99. The minimum absolute atomic E-state index is 0.998. The molecule has 14 heavy (non-hydrogen) atoms. The maximum atomic E-state index is 4.07. The fourth-order valence-corrected chi connectivity index (χ4v) is 1.49. The second kappa shape index (κ2) is 4.61. The van der Waals surface area contributed by atoms with Crippen LogP contribution in [0.2, 0.25) is 0 Å². The van der Waals surface area contributed by atoms with Crippen molar-refractivity contribution < 1.29 is 0 Å². The van der Waals surface area contributed by atoms with Crippen molar-refractivity contribution >= 4 is 0 Å². The van der Waals surface area contributed by atoms with Crippen molar-refractivity contribution in [2.24, 2.45) is 0 Å². The summed E-state index contributed by atoms with van der Waals surface area (Å²) in [5.41, 5.74) is 1.39. The Balaban J connectivity index is 1.79. The van der Waals surface area contributed by atoms with Crippen molar-refractivity contribution in [1.29, 1.82) is 0 Å². The van der Waals surface area contributed by atoms with Crippen molar-refractivity contribution in [1.82, 2.24) is 9.97 Å². The van der Waals surface area contributed by atoms with Crippen molar-refractivity contribution in [3.63, 3.8) is 0 Å². The zero-order valence-corrected chi connectivity index (χ0v) is 8.03. The monoisotopic (exact) mass is 185 g/mol. The first-order chi connectivity index (χ1) is 6.95. The van der Waals surface area contributed by atoms with Crippen LogP contribution in [0.3, 0.4) is 0 Å². The van der Waals surface area contributed by atoms with Crippen LogP contribution in [0.1, 0.15) is 17.8 Å².